The SMILES string of the molecule is CNC(=O)C(C)NC(=O)c1cc(C)ccc1Br. The third-order valence-electron chi connectivity index (χ3n) is 2.35. The topological polar surface area (TPSA) is 58.2 Å². The maximum Gasteiger partial charge on any atom is 0.253 e. The van der Waals surface area contributed by atoms with E-state index in [9.17, 15) is 9.59 Å². The number of likely N-dealkylation sites (N-methyl/N-ethyl adjacent to an activating group) is 1. The predicted molar refractivity (Wildman–Crippen MR) is 69.9 cm³/mol. The molecule has 4 nitrogen and oxygen atoms in total. The van der Waals surface area contributed by atoms with Crippen LogP contribution < -0.4 is 10.6 Å². The smallest absolute Gasteiger partial charge is 0.253 e. The van der Waals surface area contributed by atoms with Crippen LogP contribution in [-0.2, 0) is 4.79 Å². The summed E-state index contributed by atoms with van der Waals surface area (Å²) in [6.45, 7) is 3.55. The van der Waals surface area contributed by atoms with Gasteiger partial charge in [0.15, 0.2) is 0 Å². The first-order chi connectivity index (χ1) is 7.95. The standard InChI is InChI=1S/C12H15BrN2O2/c1-7-4-5-10(13)9(6-7)12(17)15-8(2)11(16)14-3/h4-6,8H,1-3H3,(H,14,16)(H,15,17). The molecule has 1 aromatic carbocycles. The zero-order chi connectivity index (χ0) is 13.0. The number of halogens is 1. The molecule has 0 bridgehead atoms. The summed E-state index contributed by atoms with van der Waals surface area (Å²) < 4.78 is 0.713. The van der Waals surface area contributed by atoms with Crippen LogP contribution in [0, 0.1) is 6.92 Å². The van der Waals surface area contributed by atoms with E-state index < -0.39 is 6.04 Å². The van der Waals surface area contributed by atoms with E-state index in [1.54, 1.807) is 13.0 Å². The molecule has 5 heteroatoms. The second-order valence-electron chi connectivity index (χ2n) is 3.79. The summed E-state index contributed by atoms with van der Waals surface area (Å²) >= 11 is 3.31. The van der Waals surface area contributed by atoms with Crippen LogP contribution in [-0.4, -0.2) is 24.9 Å². The predicted octanol–water partition coefficient (Wildman–Crippen LogP) is 1.62. The van der Waals surface area contributed by atoms with Crippen molar-refractivity contribution in [2.24, 2.45) is 0 Å². The van der Waals surface area contributed by atoms with Crippen molar-refractivity contribution < 1.29 is 9.59 Å². The Balaban J connectivity index is 2.83. The maximum atomic E-state index is 11.9. The van der Waals surface area contributed by atoms with Crippen molar-refractivity contribution in [3.05, 3.63) is 33.8 Å². The van der Waals surface area contributed by atoms with E-state index in [0.717, 1.165) is 5.56 Å². The van der Waals surface area contributed by atoms with Crippen LogP contribution in [0.5, 0.6) is 0 Å². The summed E-state index contributed by atoms with van der Waals surface area (Å²) in [6.07, 6.45) is 0. The number of nitrogens with one attached hydrogen (secondary N) is 2. The molecule has 1 unspecified atom stereocenters. The number of aryl methyl sites for hydroxylation is 1. The molecule has 1 rings (SSSR count). The van der Waals surface area contributed by atoms with Gasteiger partial charge in [-0.15, -0.1) is 0 Å². The van der Waals surface area contributed by atoms with Crippen molar-refractivity contribution in [2.75, 3.05) is 7.05 Å². The van der Waals surface area contributed by atoms with Gasteiger partial charge in [-0.25, -0.2) is 0 Å². The third-order valence-corrected chi connectivity index (χ3v) is 3.05. The van der Waals surface area contributed by atoms with Gasteiger partial charge in [0.2, 0.25) is 5.91 Å². The van der Waals surface area contributed by atoms with Crippen molar-refractivity contribution in [1.29, 1.82) is 0 Å². The van der Waals surface area contributed by atoms with Gasteiger partial charge in [-0.3, -0.25) is 9.59 Å². The Labute approximate surface area is 109 Å². The molecule has 2 amide bonds. The second kappa shape index (κ2) is 5.82. The van der Waals surface area contributed by atoms with Gasteiger partial charge in [-0.1, -0.05) is 11.6 Å². The molecule has 0 aromatic heterocycles. The Hall–Kier alpha value is -1.36. The number of hydrogen-bond donors (Lipinski definition) is 2. The minimum absolute atomic E-state index is 0.220. The second-order valence-corrected chi connectivity index (χ2v) is 4.65. The third kappa shape index (κ3) is 3.56. The zero-order valence-electron chi connectivity index (χ0n) is 10.0. The van der Waals surface area contributed by atoms with Crippen molar-refractivity contribution in [1.82, 2.24) is 10.6 Å². The molecule has 2 N–H and O–H groups in total. The van der Waals surface area contributed by atoms with E-state index in [1.165, 1.54) is 7.05 Å². The minimum atomic E-state index is -0.556. The van der Waals surface area contributed by atoms with Crippen LogP contribution in [0.1, 0.15) is 22.8 Å². The van der Waals surface area contributed by atoms with E-state index in [0.29, 0.717) is 10.0 Å². The molecule has 0 radical (unpaired) electrons. The van der Waals surface area contributed by atoms with E-state index in [1.807, 2.05) is 19.1 Å². The average molecular weight is 299 g/mol. The van der Waals surface area contributed by atoms with Crippen molar-refractivity contribution >= 4 is 27.7 Å². The van der Waals surface area contributed by atoms with Gasteiger partial charge >= 0.3 is 0 Å². The highest BCUT2D eigenvalue weighted by Crippen LogP contribution is 2.18. The van der Waals surface area contributed by atoms with E-state index in [2.05, 4.69) is 26.6 Å². The van der Waals surface area contributed by atoms with Crippen molar-refractivity contribution in [3.63, 3.8) is 0 Å². The minimum Gasteiger partial charge on any atom is -0.357 e. The lowest BCUT2D eigenvalue weighted by atomic mass is 10.1. The van der Waals surface area contributed by atoms with Gasteiger partial charge in [0.1, 0.15) is 6.04 Å². The molecule has 92 valence electrons. The van der Waals surface area contributed by atoms with Gasteiger partial charge in [-0.2, -0.15) is 0 Å². The normalized spacial score (nSPS) is 11.8. The fourth-order valence-electron chi connectivity index (χ4n) is 1.37. The number of benzene rings is 1. The van der Waals surface area contributed by atoms with Gasteiger partial charge in [0.25, 0.3) is 5.91 Å². The first-order valence-corrected chi connectivity index (χ1v) is 6.03. The van der Waals surface area contributed by atoms with Gasteiger partial charge < -0.3 is 10.6 Å². The van der Waals surface area contributed by atoms with Gasteiger partial charge in [-0.05, 0) is 41.9 Å². The molecule has 0 aliphatic rings. The summed E-state index contributed by atoms with van der Waals surface area (Å²) in [6, 6.07) is 4.94. The average Bonchev–Trinajstić information content (AvgIpc) is 2.30. The molecular weight excluding hydrogens is 284 g/mol. The summed E-state index contributed by atoms with van der Waals surface area (Å²) in [5, 5.41) is 5.12. The lowest BCUT2D eigenvalue weighted by Gasteiger charge is -2.13. The number of rotatable bonds is 3. The molecule has 1 aromatic rings. The van der Waals surface area contributed by atoms with Crippen LogP contribution in [0.15, 0.2) is 22.7 Å². The zero-order valence-corrected chi connectivity index (χ0v) is 11.6. The first-order valence-electron chi connectivity index (χ1n) is 5.24. The molecule has 0 fully saturated rings. The van der Waals surface area contributed by atoms with E-state index in [-0.39, 0.29) is 11.8 Å². The van der Waals surface area contributed by atoms with Crippen LogP contribution >= 0.6 is 15.9 Å². The molecule has 0 saturated carbocycles. The molecule has 0 spiro atoms. The lowest BCUT2D eigenvalue weighted by molar-refractivity contribution is -0.122. The molecule has 1 atom stereocenters. The van der Waals surface area contributed by atoms with Gasteiger partial charge in [0, 0.05) is 11.5 Å². The summed E-state index contributed by atoms with van der Waals surface area (Å²) in [4.78, 5) is 23.2. The Bertz CT molecular complexity index is 446. The fourth-order valence-corrected chi connectivity index (χ4v) is 1.80. The Morgan fingerprint density at radius 2 is 2.00 bits per heavy atom. The summed E-state index contributed by atoms with van der Waals surface area (Å²) in [5.74, 6) is -0.487. The summed E-state index contributed by atoms with van der Waals surface area (Å²) in [7, 11) is 1.54. The van der Waals surface area contributed by atoms with E-state index in [4.69, 9.17) is 0 Å². The first kappa shape index (κ1) is 13.7. The van der Waals surface area contributed by atoms with Crippen molar-refractivity contribution in [2.45, 2.75) is 19.9 Å². The number of amides is 2. The monoisotopic (exact) mass is 298 g/mol. The molecule has 17 heavy (non-hydrogen) atoms. The van der Waals surface area contributed by atoms with Crippen molar-refractivity contribution in [3.8, 4) is 0 Å². The van der Waals surface area contributed by atoms with Crippen LogP contribution in [0.4, 0.5) is 0 Å². The lowest BCUT2D eigenvalue weighted by Crippen LogP contribution is -2.43. The summed E-state index contributed by atoms with van der Waals surface area (Å²) in [5.41, 5.74) is 1.52. The molecular formula is C12H15BrN2O2. The Morgan fingerprint density at radius 1 is 1.35 bits per heavy atom. The number of hydrogen-bond acceptors (Lipinski definition) is 2. The molecule has 0 aliphatic heterocycles. The Morgan fingerprint density at radius 3 is 2.59 bits per heavy atom. The molecule has 0 heterocycles. The molecule has 0 aliphatic carbocycles. The number of carbonyl (C=O) groups excluding carboxylic acids is 2. The quantitative estimate of drug-likeness (QED) is 0.891. The maximum absolute atomic E-state index is 11.9. The highest BCUT2D eigenvalue weighted by Gasteiger charge is 2.16. The van der Waals surface area contributed by atoms with E-state index >= 15 is 0 Å². The van der Waals surface area contributed by atoms with Crippen LogP contribution in [0.2, 0.25) is 0 Å². The van der Waals surface area contributed by atoms with Crippen LogP contribution in [0.25, 0.3) is 0 Å². The highest BCUT2D eigenvalue weighted by atomic mass is 79.9. The largest absolute Gasteiger partial charge is 0.357 e. The van der Waals surface area contributed by atoms with Gasteiger partial charge in [0.05, 0.1) is 5.56 Å². The van der Waals surface area contributed by atoms with Crippen LogP contribution in [0.3, 0.4) is 0 Å². The molecule has 0 saturated heterocycles. The Kier molecular flexibility index (Phi) is 4.69. The number of carbonyl (C=O) groups is 2. The fraction of sp³-hybridized carbons (Fsp3) is 0.333. The highest BCUT2D eigenvalue weighted by molar-refractivity contribution is 9.10.